The number of rotatable bonds is 6. The summed E-state index contributed by atoms with van der Waals surface area (Å²) in [5.74, 6) is 0.152. The van der Waals surface area contributed by atoms with Crippen molar-refractivity contribution in [2.45, 2.75) is 51.7 Å². The van der Waals surface area contributed by atoms with Gasteiger partial charge in [-0.2, -0.15) is 0 Å². The van der Waals surface area contributed by atoms with Crippen LogP contribution < -0.4 is 5.32 Å². The Labute approximate surface area is 124 Å². The summed E-state index contributed by atoms with van der Waals surface area (Å²) in [5, 5.41) is 12.1. The Bertz CT molecular complexity index is 460. The molecule has 2 rings (SSSR count). The normalized spacial score (nSPS) is 22.2. The van der Waals surface area contributed by atoms with Crippen LogP contribution in [0.15, 0.2) is 12.4 Å². The summed E-state index contributed by atoms with van der Waals surface area (Å²) in [6, 6.07) is 0.300. The van der Waals surface area contributed by atoms with E-state index in [1.807, 2.05) is 0 Å². The number of carboxylic acids is 1. The Morgan fingerprint density at radius 3 is 2.76 bits per heavy atom. The maximum Gasteiger partial charge on any atom is 0.356 e. The van der Waals surface area contributed by atoms with Crippen molar-refractivity contribution in [1.29, 1.82) is 0 Å². The van der Waals surface area contributed by atoms with Crippen molar-refractivity contribution in [3.8, 4) is 0 Å². The molecule has 2 N–H and O–H groups in total. The minimum Gasteiger partial charge on any atom is -0.476 e. The van der Waals surface area contributed by atoms with E-state index < -0.39 is 5.97 Å². The van der Waals surface area contributed by atoms with Crippen LogP contribution in [0.4, 0.5) is 5.82 Å². The molecule has 6 nitrogen and oxygen atoms in total. The van der Waals surface area contributed by atoms with Crippen LogP contribution in [-0.2, 0) is 4.74 Å². The first-order valence-electron chi connectivity index (χ1n) is 7.57. The van der Waals surface area contributed by atoms with Gasteiger partial charge in [0.15, 0.2) is 5.69 Å². The Morgan fingerprint density at radius 2 is 2.19 bits per heavy atom. The van der Waals surface area contributed by atoms with Crippen molar-refractivity contribution in [1.82, 2.24) is 9.97 Å². The molecule has 0 saturated carbocycles. The van der Waals surface area contributed by atoms with Gasteiger partial charge in [-0.15, -0.1) is 0 Å². The lowest BCUT2D eigenvalue weighted by Gasteiger charge is -2.34. The molecule has 2 heterocycles. The van der Waals surface area contributed by atoms with Gasteiger partial charge in [0.25, 0.3) is 0 Å². The SMILES string of the molecule is CCC(CC)C1CC(Nc2cnc(C(=O)O)cn2)CCO1. The highest BCUT2D eigenvalue weighted by Gasteiger charge is 2.27. The lowest BCUT2D eigenvalue weighted by Crippen LogP contribution is -2.38. The lowest BCUT2D eigenvalue weighted by atomic mass is 9.89. The van der Waals surface area contributed by atoms with Crippen LogP contribution in [0, 0.1) is 5.92 Å². The summed E-state index contributed by atoms with van der Waals surface area (Å²) < 4.78 is 5.89. The Balaban J connectivity index is 1.94. The monoisotopic (exact) mass is 293 g/mol. The van der Waals surface area contributed by atoms with Crippen molar-refractivity contribution < 1.29 is 14.6 Å². The van der Waals surface area contributed by atoms with Crippen LogP contribution in [0.3, 0.4) is 0 Å². The highest BCUT2D eigenvalue weighted by Crippen LogP contribution is 2.26. The smallest absolute Gasteiger partial charge is 0.356 e. The van der Waals surface area contributed by atoms with Crippen LogP contribution in [0.5, 0.6) is 0 Å². The molecule has 6 heteroatoms. The van der Waals surface area contributed by atoms with E-state index in [-0.39, 0.29) is 11.8 Å². The van der Waals surface area contributed by atoms with Gasteiger partial charge in [-0.3, -0.25) is 0 Å². The first kappa shape index (κ1) is 15.7. The zero-order valence-corrected chi connectivity index (χ0v) is 12.6. The number of anilines is 1. The second-order valence-corrected chi connectivity index (χ2v) is 5.44. The number of nitrogens with one attached hydrogen (secondary N) is 1. The third-order valence-corrected chi connectivity index (χ3v) is 4.11. The maximum atomic E-state index is 10.7. The molecule has 1 aromatic rings. The zero-order chi connectivity index (χ0) is 15.2. The molecule has 0 aliphatic carbocycles. The molecule has 0 amide bonds. The first-order chi connectivity index (χ1) is 10.1. The number of hydrogen-bond donors (Lipinski definition) is 2. The first-order valence-corrected chi connectivity index (χ1v) is 7.57. The van der Waals surface area contributed by atoms with Crippen molar-refractivity contribution in [3.63, 3.8) is 0 Å². The van der Waals surface area contributed by atoms with E-state index in [1.54, 1.807) is 0 Å². The van der Waals surface area contributed by atoms with E-state index >= 15 is 0 Å². The second-order valence-electron chi connectivity index (χ2n) is 5.44. The molecule has 1 aliphatic heterocycles. The van der Waals surface area contributed by atoms with Crippen molar-refractivity contribution >= 4 is 11.8 Å². The quantitative estimate of drug-likeness (QED) is 0.838. The van der Waals surface area contributed by atoms with Crippen molar-refractivity contribution in [3.05, 3.63) is 18.1 Å². The molecule has 0 bridgehead atoms. The third-order valence-electron chi connectivity index (χ3n) is 4.11. The van der Waals surface area contributed by atoms with Crippen LogP contribution in [0.2, 0.25) is 0 Å². The number of carboxylic acid groups (broad SMARTS) is 1. The maximum absolute atomic E-state index is 10.7. The largest absolute Gasteiger partial charge is 0.476 e. The molecule has 2 atom stereocenters. The number of hydrogen-bond acceptors (Lipinski definition) is 5. The topological polar surface area (TPSA) is 84.3 Å². The molecule has 1 aromatic heterocycles. The number of aromatic carboxylic acids is 1. The van der Waals surface area contributed by atoms with Gasteiger partial charge < -0.3 is 15.2 Å². The fourth-order valence-electron chi connectivity index (χ4n) is 2.82. The molecule has 116 valence electrons. The molecule has 21 heavy (non-hydrogen) atoms. The predicted octanol–water partition coefficient (Wildman–Crippen LogP) is 2.57. The van der Waals surface area contributed by atoms with Gasteiger partial charge in [0.05, 0.1) is 18.5 Å². The number of carbonyl (C=O) groups is 1. The highest BCUT2D eigenvalue weighted by molar-refractivity contribution is 5.84. The van der Waals surface area contributed by atoms with Crippen LogP contribution in [0.25, 0.3) is 0 Å². The van der Waals surface area contributed by atoms with Gasteiger partial charge in [-0.1, -0.05) is 26.7 Å². The summed E-state index contributed by atoms with van der Waals surface area (Å²) in [5.41, 5.74) is -0.0394. The molecule has 1 fully saturated rings. The summed E-state index contributed by atoms with van der Waals surface area (Å²) in [4.78, 5) is 18.7. The Kier molecular flexibility index (Phi) is 5.50. The van der Waals surface area contributed by atoms with Crippen LogP contribution in [0.1, 0.15) is 50.0 Å². The molecule has 1 saturated heterocycles. The van der Waals surface area contributed by atoms with Crippen LogP contribution in [-0.4, -0.2) is 39.8 Å². The second kappa shape index (κ2) is 7.36. The van der Waals surface area contributed by atoms with Gasteiger partial charge in [-0.25, -0.2) is 14.8 Å². The number of aromatic nitrogens is 2. The van der Waals surface area contributed by atoms with Gasteiger partial charge in [-0.05, 0) is 18.8 Å². The van der Waals surface area contributed by atoms with E-state index in [4.69, 9.17) is 9.84 Å². The minimum absolute atomic E-state index is 0.0394. The van der Waals surface area contributed by atoms with E-state index in [0.29, 0.717) is 17.8 Å². The molecule has 1 aliphatic rings. The third kappa shape index (κ3) is 4.14. The lowest BCUT2D eigenvalue weighted by molar-refractivity contribution is -0.0271. The minimum atomic E-state index is -1.06. The van der Waals surface area contributed by atoms with Crippen LogP contribution >= 0.6 is 0 Å². The number of ether oxygens (including phenoxy) is 1. The van der Waals surface area contributed by atoms with E-state index in [2.05, 4.69) is 29.1 Å². The summed E-state index contributed by atoms with van der Waals surface area (Å²) in [7, 11) is 0. The molecular weight excluding hydrogens is 270 g/mol. The van der Waals surface area contributed by atoms with Crippen molar-refractivity contribution in [2.24, 2.45) is 5.92 Å². The molecule has 0 spiro atoms. The zero-order valence-electron chi connectivity index (χ0n) is 12.6. The summed E-state index contributed by atoms with van der Waals surface area (Å²) >= 11 is 0. The molecule has 0 aromatic carbocycles. The van der Waals surface area contributed by atoms with E-state index in [1.165, 1.54) is 12.4 Å². The summed E-state index contributed by atoms with van der Waals surface area (Å²) in [6.45, 7) is 5.15. The average Bonchev–Trinajstić information content (AvgIpc) is 2.49. The van der Waals surface area contributed by atoms with Gasteiger partial charge >= 0.3 is 5.97 Å². The van der Waals surface area contributed by atoms with Gasteiger partial charge in [0, 0.05) is 12.6 Å². The molecular formula is C15H23N3O3. The van der Waals surface area contributed by atoms with Crippen molar-refractivity contribution in [2.75, 3.05) is 11.9 Å². The number of nitrogens with zero attached hydrogens (tertiary/aromatic N) is 2. The highest BCUT2D eigenvalue weighted by atomic mass is 16.5. The average molecular weight is 293 g/mol. The standard InChI is InChI=1S/C15H23N3O3/c1-3-10(4-2)13-7-11(5-6-21-13)18-14-9-16-12(8-17-14)15(19)20/h8-11,13H,3-7H2,1-2H3,(H,17,18)(H,19,20). The predicted molar refractivity (Wildman–Crippen MR) is 79.4 cm³/mol. The Hall–Kier alpha value is -1.69. The van der Waals surface area contributed by atoms with Gasteiger partial charge in [0.1, 0.15) is 5.82 Å². The van der Waals surface area contributed by atoms with Gasteiger partial charge in [0.2, 0.25) is 0 Å². The fraction of sp³-hybridized carbons (Fsp3) is 0.667. The van der Waals surface area contributed by atoms with E-state index in [9.17, 15) is 4.79 Å². The molecule has 0 radical (unpaired) electrons. The van der Waals surface area contributed by atoms with E-state index in [0.717, 1.165) is 32.3 Å². The summed E-state index contributed by atoms with van der Waals surface area (Å²) in [6.07, 6.45) is 7.18. The molecule has 2 unspecified atom stereocenters. The fourth-order valence-corrected chi connectivity index (χ4v) is 2.82. The Morgan fingerprint density at radius 1 is 1.43 bits per heavy atom.